The summed E-state index contributed by atoms with van der Waals surface area (Å²) in [5, 5.41) is 5.93. The van der Waals surface area contributed by atoms with Crippen LogP contribution in [0, 0.1) is 0 Å². The Kier molecular flexibility index (Phi) is 8.23. The van der Waals surface area contributed by atoms with E-state index in [-0.39, 0.29) is 12.5 Å². The third-order valence-electron chi connectivity index (χ3n) is 2.77. The van der Waals surface area contributed by atoms with E-state index >= 15 is 0 Å². The minimum Gasteiger partial charge on any atom is -0.493 e. The third-order valence-corrected chi connectivity index (χ3v) is 2.77. The van der Waals surface area contributed by atoms with E-state index in [0.717, 1.165) is 18.7 Å². The summed E-state index contributed by atoms with van der Waals surface area (Å²) >= 11 is 0. The highest BCUT2D eigenvalue weighted by Gasteiger charge is 2.08. The molecule has 0 aliphatic rings. The number of nitrogens with one attached hydrogen (secondary N) is 2. The summed E-state index contributed by atoms with van der Waals surface area (Å²) in [6, 6.07) is 5.65. The molecule has 6 heteroatoms. The molecule has 118 valence electrons. The summed E-state index contributed by atoms with van der Waals surface area (Å²) in [4.78, 5) is 11.4. The molecule has 0 saturated heterocycles. The second-order valence-electron chi connectivity index (χ2n) is 4.40. The van der Waals surface area contributed by atoms with E-state index in [1.54, 1.807) is 14.2 Å². The summed E-state index contributed by atoms with van der Waals surface area (Å²) in [6.07, 6.45) is 0. The number of carbonyl (C=O) groups is 1. The summed E-state index contributed by atoms with van der Waals surface area (Å²) in [7, 11) is 3.25. The average Bonchev–Trinajstić information content (AvgIpc) is 2.50. The Morgan fingerprint density at radius 1 is 1.24 bits per heavy atom. The monoisotopic (exact) mass is 296 g/mol. The molecule has 0 aliphatic heterocycles. The van der Waals surface area contributed by atoms with E-state index in [1.165, 1.54) is 0 Å². The number of benzene rings is 1. The lowest BCUT2D eigenvalue weighted by molar-refractivity contribution is -0.123. The molecule has 0 aromatic heterocycles. The fourth-order valence-corrected chi connectivity index (χ4v) is 1.74. The first kappa shape index (κ1) is 17.3. The van der Waals surface area contributed by atoms with E-state index < -0.39 is 0 Å². The van der Waals surface area contributed by atoms with Gasteiger partial charge in [-0.25, -0.2) is 0 Å². The van der Waals surface area contributed by atoms with E-state index in [4.69, 9.17) is 14.2 Å². The number of ether oxygens (including phenoxy) is 3. The predicted molar refractivity (Wildman–Crippen MR) is 80.8 cm³/mol. The van der Waals surface area contributed by atoms with Crippen LogP contribution in [0.1, 0.15) is 12.5 Å². The van der Waals surface area contributed by atoms with Gasteiger partial charge >= 0.3 is 0 Å². The molecule has 0 heterocycles. The lowest BCUT2D eigenvalue weighted by atomic mass is 10.2. The number of methoxy groups -OCH3 is 2. The van der Waals surface area contributed by atoms with Crippen molar-refractivity contribution in [2.75, 3.05) is 40.5 Å². The van der Waals surface area contributed by atoms with Gasteiger partial charge in [-0.05, 0) is 24.6 Å². The molecule has 1 amide bonds. The van der Waals surface area contributed by atoms with E-state index in [1.807, 2.05) is 25.1 Å². The maximum Gasteiger partial charge on any atom is 0.257 e. The highest BCUT2D eigenvalue weighted by atomic mass is 16.5. The Balaban J connectivity index is 2.55. The van der Waals surface area contributed by atoms with Gasteiger partial charge in [-0.3, -0.25) is 4.79 Å². The molecule has 0 radical (unpaired) electrons. The number of hydrogen-bond acceptors (Lipinski definition) is 5. The van der Waals surface area contributed by atoms with Crippen molar-refractivity contribution in [3.63, 3.8) is 0 Å². The standard InChI is InChI=1S/C15H24N2O4/c1-4-17-15(18)11-21-13-6-5-12(9-14(13)20-3)10-16-7-8-19-2/h5-6,9,16H,4,7-8,10-11H2,1-3H3,(H,17,18). The van der Waals surface area contributed by atoms with Crippen molar-refractivity contribution in [3.05, 3.63) is 23.8 Å². The van der Waals surface area contributed by atoms with E-state index in [2.05, 4.69) is 10.6 Å². The molecule has 0 saturated carbocycles. The Morgan fingerprint density at radius 2 is 2.05 bits per heavy atom. The van der Waals surface area contributed by atoms with Crippen LogP contribution >= 0.6 is 0 Å². The van der Waals surface area contributed by atoms with Gasteiger partial charge in [0.15, 0.2) is 18.1 Å². The van der Waals surface area contributed by atoms with Crippen LogP contribution < -0.4 is 20.1 Å². The molecule has 1 aromatic rings. The number of likely N-dealkylation sites (N-methyl/N-ethyl adjacent to an activating group) is 1. The SMILES string of the molecule is CCNC(=O)COc1ccc(CNCCOC)cc1OC. The highest BCUT2D eigenvalue weighted by Crippen LogP contribution is 2.27. The van der Waals surface area contributed by atoms with Crippen LogP contribution in [0.2, 0.25) is 0 Å². The molecule has 2 N–H and O–H groups in total. The van der Waals surface area contributed by atoms with Gasteiger partial charge in [0.2, 0.25) is 0 Å². The minimum atomic E-state index is -0.148. The Morgan fingerprint density at radius 3 is 2.71 bits per heavy atom. The van der Waals surface area contributed by atoms with Gasteiger partial charge < -0.3 is 24.8 Å². The van der Waals surface area contributed by atoms with Crippen LogP contribution in [0.5, 0.6) is 11.5 Å². The van der Waals surface area contributed by atoms with Gasteiger partial charge in [0.05, 0.1) is 13.7 Å². The Bertz CT molecular complexity index is 438. The van der Waals surface area contributed by atoms with Crippen LogP contribution in [0.25, 0.3) is 0 Å². The van der Waals surface area contributed by atoms with Crippen molar-refractivity contribution in [3.8, 4) is 11.5 Å². The lowest BCUT2D eigenvalue weighted by Crippen LogP contribution is -2.28. The molecular weight excluding hydrogens is 272 g/mol. The maximum atomic E-state index is 11.4. The van der Waals surface area contributed by atoms with Gasteiger partial charge in [-0.1, -0.05) is 6.07 Å². The Labute approximate surface area is 125 Å². The highest BCUT2D eigenvalue weighted by molar-refractivity contribution is 5.77. The van der Waals surface area contributed by atoms with Crippen LogP contribution in [0.15, 0.2) is 18.2 Å². The van der Waals surface area contributed by atoms with Crippen LogP contribution in [-0.4, -0.2) is 46.4 Å². The normalized spacial score (nSPS) is 10.2. The zero-order chi connectivity index (χ0) is 15.5. The van der Waals surface area contributed by atoms with Crippen LogP contribution in [-0.2, 0) is 16.1 Å². The van der Waals surface area contributed by atoms with E-state index in [0.29, 0.717) is 24.7 Å². The van der Waals surface area contributed by atoms with Gasteiger partial charge in [-0.2, -0.15) is 0 Å². The van der Waals surface area contributed by atoms with Gasteiger partial charge in [0, 0.05) is 26.7 Å². The molecule has 1 rings (SSSR count). The molecule has 0 spiro atoms. The number of rotatable bonds is 10. The number of amides is 1. The van der Waals surface area contributed by atoms with Crippen molar-refractivity contribution >= 4 is 5.91 Å². The zero-order valence-electron chi connectivity index (χ0n) is 12.9. The molecule has 0 bridgehead atoms. The van der Waals surface area contributed by atoms with Gasteiger partial charge in [0.1, 0.15) is 0 Å². The summed E-state index contributed by atoms with van der Waals surface area (Å²) in [5.74, 6) is 1.03. The van der Waals surface area contributed by atoms with Crippen LogP contribution in [0.4, 0.5) is 0 Å². The van der Waals surface area contributed by atoms with E-state index in [9.17, 15) is 4.79 Å². The fourth-order valence-electron chi connectivity index (χ4n) is 1.74. The van der Waals surface area contributed by atoms with Crippen molar-refractivity contribution in [2.24, 2.45) is 0 Å². The molecular formula is C15H24N2O4. The lowest BCUT2D eigenvalue weighted by Gasteiger charge is -2.12. The summed E-state index contributed by atoms with van der Waals surface area (Å²) in [5.41, 5.74) is 1.08. The molecule has 1 aromatic carbocycles. The second kappa shape index (κ2) is 10.0. The van der Waals surface area contributed by atoms with Crippen molar-refractivity contribution in [1.82, 2.24) is 10.6 Å². The molecule has 0 fully saturated rings. The molecule has 0 unspecified atom stereocenters. The first-order chi connectivity index (χ1) is 10.2. The fraction of sp³-hybridized carbons (Fsp3) is 0.533. The number of hydrogen-bond donors (Lipinski definition) is 2. The largest absolute Gasteiger partial charge is 0.493 e. The number of carbonyl (C=O) groups excluding carboxylic acids is 1. The summed E-state index contributed by atoms with van der Waals surface area (Å²) in [6.45, 7) is 4.61. The maximum absolute atomic E-state index is 11.4. The first-order valence-corrected chi connectivity index (χ1v) is 6.97. The molecule has 21 heavy (non-hydrogen) atoms. The topological polar surface area (TPSA) is 68.8 Å². The summed E-state index contributed by atoms with van der Waals surface area (Å²) < 4.78 is 15.7. The van der Waals surface area contributed by atoms with Crippen molar-refractivity contribution in [1.29, 1.82) is 0 Å². The smallest absolute Gasteiger partial charge is 0.257 e. The molecule has 6 nitrogen and oxygen atoms in total. The first-order valence-electron chi connectivity index (χ1n) is 6.97. The molecule has 0 aliphatic carbocycles. The molecule has 0 atom stereocenters. The van der Waals surface area contributed by atoms with Crippen molar-refractivity contribution < 1.29 is 19.0 Å². The Hall–Kier alpha value is -1.79. The zero-order valence-corrected chi connectivity index (χ0v) is 12.9. The van der Waals surface area contributed by atoms with Gasteiger partial charge in [-0.15, -0.1) is 0 Å². The van der Waals surface area contributed by atoms with Crippen LogP contribution in [0.3, 0.4) is 0 Å². The van der Waals surface area contributed by atoms with Gasteiger partial charge in [0.25, 0.3) is 5.91 Å². The quantitative estimate of drug-likeness (QED) is 0.629. The second-order valence-corrected chi connectivity index (χ2v) is 4.40. The minimum absolute atomic E-state index is 0.0182. The average molecular weight is 296 g/mol. The van der Waals surface area contributed by atoms with Crippen molar-refractivity contribution in [2.45, 2.75) is 13.5 Å². The third kappa shape index (κ3) is 6.46. The predicted octanol–water partition coefficient (Wildman–Crippen LogP) is 0.946.